The molecule has 1 aromatic heterocycles. The first-order valence-electron chi connectivity index (χ1n) is 8.97. The molecule has 0 fully saturated rings. The van der Waals surface area contributed by atoms with Crippen molar-refractivity contribution in [1.29, 1.82) is 0 Å². The first kappa shape index (κ1) is 17.7. The van der Waals surface area contributed by atoms with Gasteiger partial charge >= 0.3 is 0 Å². The van der Waals surface area contributed by atoms with Gasteiger partial charge in [0.1, 0.15) is 0 Å². The van der Waals surface area contributed by atoms with Crippen molar-refractivity contribution in [2.24, 2.45) is 0 Å². The van der Waals surface area contributed by atoms with Gasteiger partial charge in [0.15, 0.2) is 0 Å². The van der Waals surface area contributed by atoms with Gasteiger partial charge in [-0.3, -0.25) is 4.79 Å². The molecule has 0 radical (unpaired) electrons. The van der Waals surface area contributed by atoms with Crippen LogP contribution in [-0.2, 0) is 11.2 Å². The molecule has 0 bridgehead atoms. The Hall–Kier alpha value is -2.67. The molecule has 27 heavy (non-hydrogen) atoms. The number of thioether (sulfide) groups is 1. The molecular formula is C20H21N5OS. The van der Waals surface area contributed by atoms with Crippen LogP contribution in [0.5, 0.6) is 0 Å². The van der Waals surface area contributed by atoms with E-state index in [-0.39, 0.29) is 11.2 Å². The summed E-state index contributed by atoms with van der Waals surface area (Å²) in [6, 6.07) is 14.1. The lowest BCUT2D eigenvalue weighted by atomic mass is 10.1. The molecule has 7 heteroatoms. The second kappa shape index (κ2) is 7.15. The van der Waals surface area contributed by atoms with Gasteiger partial charge in [-0.1, -0.05) is 42.1 Å². The Kier molecular flexibility index (Phi) is 4.70. The Morgan fingerprint density at radius 1 is 1.11 bits per heavy atom. The minimum absolute atomic E-state index is 0.0838. The smallest absolute Gasteiger partial charge is 0.240 e. The highest BCUT2D eigenvalue weighted by Gasteiger charge is 2.29. The Bertz CT molecular complexity index is 1000. The van der Waals surface area contributed by atoms with Crippen molar-refractivity contribution in [3.05, 3.63) is 59.2 Å². The maximum absolute atomic E-state index is 13.0. The number of hydrogen-bond donors (Lipinski definition) is 0. The number of para-hydroxylation sites is 1. The van der Waals surface area contributed by atoms with Crippen molar-refractivity contribution < 1.29 is 4.79 Å². The normalized spacial score (nSPS) is 14.3. The molecule has 1 atom stereocenters. The largest absolute Gasteiger partial charge is 0.311 e. The maximum atomic E-state index is 13.0. The van der Waals surface area contributed by atoms with E-state index in [1.165, 1.54) is 22.9 Å². The number of aromatic nitrogens is 4. The molecule has 1 aliphatic rings. The van der Waals surface area contributed by atoms with Crippen LogP contribution in [0.2, 0.25) is 0 Å². The van der Waals surface area contributed by atoms with Crippen LogP contribution in [0.25, 0.3) is 5.69 Å². The number of benzene rings is 2. The number of rotatable bonds is 4. The zero-order valence-electron chi connectivity index (χ0n) is 15.6. The summed E-state index contributed by atoms with van der Waals surface area (Å²) in [4.78, 5) is 14.9. The van der Waals surface area contributed by atoms with Gasteiger partial charge in [0.2, 0.25) is 11.1 Å². The van der Waals surface area contributed by atoms with Crippen LogP contribution in [0, 0.1) is 13.8 Å². The second-order valence-corrected chi connectivity index (χ2v) is 8.03. The maximum Gasteiger partial charge on any atom is 0.240 e. The van der Waals surface area contributed by atoms with Crippen molar-refractivity contribution in [2.45, 2.75) is 37.6 Å². The number of carbonyl (C=O) groups excluding carboxylic acids is 1. The Labute approximate surface area is 162 Å². The summed E-state index contributed by atoms with van der Waals surface area (Å²) in [6.45, 7) is 6.75. The van der Waals surface area contributed by atoms with E-state index in [0.29, 0.717) is 5.16 Å². The molecule has 2 heterocycles. The van der Waals surface area contributed by atoms with E-state index in [9.17, 15) is 4.79 Å². The van der Waals surface area contributed by atoms with Gasteiger partial charge in [-0.2, -0.15) is 4.68 Å². The van der Waals surface area contributed by atoms with E-state index in [0.717, 1.165) is 29.9 Å². The number of carbonyl (C=O) groups is 1. The quantitative estimate of drug-likeness (QED) is 0.651. The highest BCUT2D eigenvalue weighted by atomic mass is 32.2. The number of hydrogen-bond acceptors (Lipinski definition) is 5. The highest BCUT2D eigenvalue weighted by molar-refractivity contribution is 8.00. The summed E-state index contributed by atoms with van der Waals surface area (Å²) >= 11 is 1.39. The van der Waals surface area contributed by atoms with Crippen LogP contribution in [-0.4, -0.2) is 37.9 Å². The van der Waals surface area contributed by atoms with E-state index < -0.39 is 0 Å². The van der Waals surface area contributed by atoms with Crippen LogP contribution in [0.4, 0.5) is 5.69 Å². The van der Waals surface area contributed by atoms with Gasteiger partial charge in [-0.25, -0.2) is 0 Å². The van der Waals surface area contributed by atoms with Gasteiger partial charge in [-0.15, -0.1) is 5.10 Å². The topological polar surface area (TPSA) is 63.9 Å². The van der Waals surface area contributed by atoms with Crippen LogP contribution < -0.4 is 4.90 Å². The number of amides is 1. The summed E-state index contributed by atoms with van der Waals surface area (Å²) in [5.74, 6) is 0.0838. The van der Waals surface area contributed by atoms with Gasteiger partial charge in [0.25, 0.3) is 0 Å². The number of anilines is 1. The Morgan fingerprint density at radius 2 is 1.89 bits per heavy atom. The fourth-order valence-electron chi connectivity index (χ4n) is 3.36. The van der Waals surface area contributed by atoms with Crippen LogP contribution >= 0.6 is 11.8 Å². The predicted molar refractivity (Wildman–Crippen MR) is 106 cm³/mol. The third-order valence-electron chi connectivity index (χ3n) is 5.03. The number of aryl methyl sites for hydroxylation is 1. The van der Waals surface area contributed by atoms with Crippen molar-refractivity contribution in [2.75, 3.05) is 11.4 Å². The molecule has 0 saturated heterocycles. The molecule has 138 valence electrons. The fraction of sp³-hybridized carbons (Fsp3) is 0.300. The molecule has 4 rings (SSSR count). The Balaban J connectivity index is 1.56. The van der Waals surface area contributed by atoms with Crippen LogP contribution in [0.3, 0.4) is 0 Å². The molecule has 0 saturated carbocycles. The predicted octanol–water partition coefficient (Wildman–Crippen LogP) is 3.35. The van der Waals surface area contributed by atoms with E-state index in [2.05, 4.69) is 41.5 Å². The molecule has 3 aromatic rings. The molecular weight excluding hydrogens is 358 g/mol. The summed E-state index contributed by atoms with van der Waals surface area (Å²) < 4.78 is 1.72. The minimum Gasteiger partial charge on any atom is -0.311 e. The zero-order chi connectivity index (χ0) is 19.0. The zero-order valence-corrected chi connectivity index (χ0v) is 16.4. The molecule has 0 aliphatic carbocycles. The summed E-state index contributed by atoms with van der Waals surface area (Å²) in [5, 5.41) is 12.5. The number of tetrazole rings is 1. The standard InChI is InChI=1S/C20H21N5OS/c1-13-7-6-10-17(14(13)2)25-20(21-22-23-25)27-15(3)19(26)24-12-11-16-8-4-5-9-18(16)24/h4-10,15H,11-12H2,1-3H3/t15-/m1/s1. The lowest BCUT2D eigenvalue weighted by Crippen LogP contribution is -2.35. The first-order chi connectivity index (χ1) is 13.1. The van der Waals surface area contributed by atoms with E-state index >= 15 is 0 Å². The molecule has 1 amide bonds. The second-order valence-electron chi connectivity index (χ2n) is 6.72. The molecule has 6 nitrogen and oxygen atoms in total. The van der Waals surface area contributed by atoms with Crippen molar-refractivity contribution in [3.8, 4) is 5.69 Å². The fourth-order valence-corrected chi connectivity index (χ4v) is 4.23. The highest BCUT2D eigenvalue weighted by Crippen LogP contribution is 2.31. The van der Waals surface area contributed by atoms with Gasteiger partial charge in [0, 0.05) is 12.2 Å². The van der Waals surface area contributed by atoms with Gasteiger partial charge < -0.3 is 4.90 Å². The number of nitrogens with zero attached hydrogens (tertiary/aromatic N) is 5. The Morgan fingerprint density at radius 3 is 2.74 bits per heavy atom. The van der Waals surface area contributed by atoms with E-state index in [4.69, 9.17) is 0 Å². The van der Waals surface area contributed by atoms with Crippen LogP contribution in [0.15, 0.2) is 47.6 Å². The summed E-state index contributed by atoms with van der Waals surface area (Å²) in [6.07, 6.45) is 0.902. The average Bonchev–Trinajstić information content (AvgIpc) is 3.30. The SMILES string of the molecule is Cc1cccc(-n2nnnc2S[C@H](C)C(=O)N2CCc3ccccc32)c1C. The van der Waals surface area contributed by atoms with E-state index in [1.54, 1.807) is 4.68 Å². The van der Waals surface area contributed by atoms with Gasteiger partial charge in [-0.05, 0) is 66.4 Å². The average molecular weight is 379 g/mol. The monoisotopic (exact) mass is 379 g/mol. The third-order valence-corrected chi connectivity index (χ3v) is 6.05. The molecule has 0 N–H and O–H groups in total. The minimum atomic E-state index is -0.286. The molecule has 1 aliphatic heterocycles. The summed E-state index contributed by atoms with van der Waals surface area (Å²) in [7, 11) is 0. The third kappa shape index (κ3) is 3.23. The lowest BCUT2D eigenvalue weighted by molar-refractivity contribution is -0.117. The van der Waals surface area contributed by atoms with E-state index in [1.807, 2.05) is 42.2 Å². The van der Waals surface area contributed by atoms with Crippen molar-refractivity contribution in [1.82, 2.24) is 20.2 Å². The van der Waals surface area contributed by atoms with Gasteiger partial charge in [0.05, 0.1) is 10.9 Å². The van der Waals surface area contributed by atoms with Crippen LogP contribution in [0.1, 0.15) is 23.6 Å². The lowest BCUT2D eigenvalue weighted by Gasteiger charge is -2.21. The molecule has 0 unspecified atom stereocenters. The summed E-state index contributed by atoms with van der Waals surface area (Å²) in [5.41, 5.74) is 5.48. The molecule has 0 spiro atoms. The van der Waals surface area contributed by atoms with Crippen molar-refractivity contribution in [3.63, 3.8) is 0 Å². The molecule has 2 aromatic carbocycles. The first-order valence-corrected chi connectivity index (χ1v) is 9.85. The number of fused-ring (bicyclic) bond motifs is 1. The van der Waals surface area contributed by atoms with Crippen molar-refractivity contribution >= 4 is 23.4 Å².